The van der Waals surface area contributed by atoms with E-state index in [0.717, 1.165) is 23.3 Å². The topological polar surface area (TPSA) is 32.3 Å². The first-order chi connectivity index (χ1) is 10.2. The number of hydrogen-bond donors (Lipinski definition) is 2. The van der Waals surface area contributed by atoms with Crippen molar-refractivity contribution >= 4 is 5.69 Å². The summed E-state index contributed by atoms with van der Waals surface area (Å²) in [5.41, 5.74) is 4.39. The molecule has 2 atom stereocenters. The highest BCUT2D eigenvalue weighted by Crippen LogP contribution is 2.34. The van der Waals surface area contributed by atoms with Crippen molar-refractivity contribution in [3.8, 4) is 0 Å². The molecule has 2 N–H and O–H groups in total. The van der Waals surface area contributed by atoms with Crippen molar-refractivity contribution in [2.75, 3.05) is 5.32 Å². The van der Waals surface area contributed by atoms with Gasteiger partial charge < -0.3 is 10.4 Å². The van der Waals surface area contributed by atoms with E-state index in [1.165, 1.54) is 5.56 Å². The number of hydrogen-bond acceptors (Lipinski definition) is 2. The first kappa shape index (κ1) is 13.7. The number of anilines is 1. The fraction of sp³-hybridized carbons (Fsp3) is 0.263. The fourth-order valence-corrected chi connectivity index (χ4v) is 2.95. The summed E-state index contributed by atoms with van der Waals surface area (Å²) in [5, 5.41) is 13.8. The Balaban J connectivity index is 1.85. The molecular weight excluding hydrogens is 258 g/mol. The molecule has 0 aromatic heterocycles. The van der Waals surface area contributed by atoms with Gasteiger partial charge in [-0.25, -0.2) is 0 Å². The molecule has 1 aromatic rings. The molecule has 0 radical (unpaired) electrons. The SMILES string of the molecule is CCc1ccc(NC2C=C(C)C(O)=C3C=CC=CC32)cc1. The van der Waals surface area contributed by atoms with E-state index in [1.54, 1.807) is 0 Å². The second-order valence-electron chi connectivity index (χ2n) is 5.64. The van der Waals surface area contributed by atoms with E-state index in [2.05, 4.69) is 48.7 Å². The van der Waals surface area contributed by atoms with Gasteiger partial charge in [-0.15, -0.1) is 0 Å². The van der Waals surface area contributed by atoms with Crippen molar-refractivity contribution in [2.45, 2.75) is 26.3 Å². The number of nitrogens with one attached hydrogen (secondary N) is 1. The van der Waals surface area contributed by atoms with Crippen molar-refractivity contribution in [1.82, 2.24) is 0 Å². The van der Waals surface area contributed by atoms with E-state index in [1.807, 2.05) is 25.2 Å². The summed E-state index contributed by atoms with van der Waals surface area (Å²) < 4.78 is 0. The van der Waals surface area contributed by atoms with Crippen LogP contribution in [0.15, 0.2) is 71.6 Å². The molecule has 2 heteroatoms. The van der Waals surface area contributed by atoms with Gasteiger partial charge in [0.25, 0.3) is 0 Å². The average Bonchev–Trinajstić information content (AvgIpc) is 2.53. The number of rotatable bonds is 3. The van der Waals surface area contributed by atoms with Gasteiger partial charge in [-0.1, -0.05) is 49.4 Å². The second-order valence-corrected chi connectivity index (χ2v) is 5.64. The maximum Gasteiger partial charge on any atom is 0.122 e. The molecular formula is C19H21NO. The average molecular weight is 279 g/mol. The summed E-state index contributed by atoms with van der Waals surface area (Å²) in [7, 11) is 0. The zero-order valence-electron chi connectivity index (χ0n) is 12.5. The van der Waals surface area contributed by atoms with Gasteiger partial charge in [0.1, 0.15) is 5.76 Å². The summed E-state index contributed by atoms with van der Waals surface area (Å²) in [6.07, 6.45) is 11.3. The minimum absolute atomic E-state index is 0.171. The molecule has 2 aliphatic rings. The Labute approximate surface area is 126 Å². The zero-order chi connectivity index (χ0) is 14.8. The van der Waals surface area contributed by atoms with Gasteiger partial charge in [0.15, 0.2) is 0 Å². The van der Waals surface area contributed by atoms with Crippen LogP contribution in [0.25, 0.3) is 0 Å². The van der Waals surface area contributed by atoms with Gasteiger partial charge in [0.05, 0.1) is 6.04 Å². The minimum atomic E-state index is 0.171. The Morgan fingerprint density at radius 3 is 2.62 bits per heavy atom. The molecule has 0 heterocycles. The van der Waals surface area contributed by atoms with Crippen molar-refractivity contribution in [1.29, 1.82) is 0 Å². The van der Waals surface area contributed by atoms with E-state index in [4.69, 9.17) is 0 Å². The summed E-state index contributed by atoms with van der Waals surface area (Å²) in [6, 6.07) is 8.74. The highest BCUT2D eigenvalue weighted by Gasteiger charge is 2.28. The number of aliphatic hydroxyl groups excluding tert-OH is 1. The van der Waals surface area contributed by atoms with E-state index >= 15 is 0 Å². The molecule has 0 spiro atoms. The standard InChI is InChI=1S/C19H21NO/c1-3-14-8-10-15(11-9-14)20-18-12-13(2)19(21)17-7-5-4-6-16(17)18/h4-12,16,18,20-21H,3H2,1-2H3. The predicted octanol–water partition coefficient (Wildman–Crippen LogP) is 4.54. The molecule has 0 amide bonds. The van der Waals surface area contributed by atoms with Crippen LogP contribution in [0.3, 0.4) is 0 Å². The number of aliphatic hydroxyl groups is 1. The van der Waals surface area contributed by atoms with Crippen LogP contribution in [0, 0.1) is 5.92 Å². The van der Waals surface area contributed by atoms with Crippen LogP contribution in [-0.4, -0.2) is 11.1 Å². The van der Waals surface area contributed by atoms with Crippen molar-refractivity contribution in [2.24, 2.45) is 5.92 Å². The summed E-state index contributed by atoms with van der Waals surface area (Å²) >= 11 is 0. The normalized spacial score (nSPS) is 23.8. The molecule has 0 fully saturated rings. The first-order valence-electron chi connectivity index (χ1n) is 7.51. The molecule has 2 aliphatic carbocycles. The van der Waals surface area contributed by atoms with Crippen LogP contribution in [-0.2, 0) is 6.42 Å². The Hall–Kier alpha value is -2.22. The summed E-state index contributed by atoms with van der Waals surface area (Å²) in [4.78, 5) is 0. The van der Waals surface area contributed by atoms with Crippen molar-refractivity contribution < 1.29 is 5.11 Å². The third kappa shape index (κ3) is 2.66. The highest BCUT2D eigenvalue weighted by atomic mass is 16.3. The van der Waals surface area contributed by atoms with Crippen LogP contribution >= 0.6 is 0 Å². The fourth-order valence-electron chi connectivity index (χ4n) is 2.95. The van der Waals surface area contributed by atoms with Crippen molar-refractivity contribution in [3.63, 3.8) is 0 Å². The Bertz CT molecular complexity index is 647. The molecule has 2 nitrogen and oxygen atoms in total. The number of fused-ring (bicyclic) bond motifs is 1. The molecule has 3 rings (SSSR count). The van der Waals surface area contributed by atoms with Gasteiger partial charge in [-0.2, -0.15) is 0 Å². The maximum absolute atomic E-state index is 10.2. The Morgan fingerprint density at radius 2 is 1.90 bits per heavy atom. The molecule has 0 aliphatic heterocycles. The molecule has 1 aromatic carbocycles. The van der Waals surface area contributed by atoms with E-state index in [9.17, 15) is 5.11 Å². The van der Waals surface area contributed by atoms with Gasteiger partial charge in [0, 0.05) is 17.2 Å². The molecule has 0 saturated heterocycles. The van der Waals surface area contributed by atoms with Gasteiger partial charge >= 0.3 is 0 Å². The van der Waals surface area contributed by atoms with Crippen LogP contribution < -0.4 is 5.32 Å². The zero-order valence-corrected chi connectivity index (χ0v) is 12.5. The quantitative estimate of drug-likeness (QED) is 0.851. The lowest BCUT2D eigenvalue weighted by Gasteiger charge is -2.31. The highest BCUT2D eigenvalue weighted by molar-refractivity contribution is 5.53. The second kappa shape index (κ2) is 5.65. The van der Waals surface area contributed by atoms with E-state index < -0.39 is 0 Å². The molecule has 108 valence electrons. The predicted molar refractivity (Wildman–Crippen MR) is 88.4 cm³/mol. The number of aryl methyl sites for hydroxylation is 1. The lowest BCUT2D eigenvalue weighted by Crippen LogP contribution is -2.31. The lowest BCUT2D eigenvalue weighted by atomic mass is 9.81. The third-order valence-corrected chi connectivity index (χ3v) is 4.22. The third-order valence-electron chi connectivity index (χ3n) is 4.22. The van der Waals surface area contributed by atoms with Crippen LogP contribution in [0.4, 0.5) is 5.69 Å². The van der Waals surface area contributed by atoms with E-state index in [0.29, 0.717) is 5.76 Å². The largest absolute Gasteiger partial charge is 0.507 e. The van der Waals surface area contributed by atoms with Crippen LogP contribution in [0.1, 0.15) is 19.4 Å². The lowest BCUT2D eigenvalue weighted by molar-refractivity contribution is 0.403. The summed E-state index contributed by atoms with van der Waals surface area (Å²) in [6.45, 7) is 4.12. The minimum Gasteiger partial charge on any atom is -0.507 e. The maximum atomic E-state index is 10.2. The molecule has 0 saturated carbocycles. The number of allylic oxidation sites excluding steroid dienone is 4. The van der Waals surface area contributed by atoms with Gasteiger partial charge in [0.2, 0.25) is 0 Å². The monoisotopic (exact) mass is 279 g/mol. The number of benzene rings is 1. The van der Waals surface area contributed by atoms with Gasteiger partial charge in [-0.05, 0) is 36.6 Å². The Kier molecular flexibility index (Phi) is 3.70. The van der Waals surface area contributed by atoms with Crippen molar-refractivity contribution in [3.05, 3.63) is 77.1 Å². The Morgan fingerprint density at radius 1 is 1.14 bits per heavy atom. The van der Waals surface area contributed by atoms with E-state index in [-0.39, 0.29) is 12.0 Å². The van der Waals surface area contributed by atoms with Gasteiger partial charge in [-0.3, -0.25) is 0 Å². The smallest absolute Gasteiger partial charge is 0.122 e. The first-order valence-corrected chi connectivity index (χ1v) is 7.51. The molecule has 2 unspecified atom stereocenters. The van der Waals surface area contributed by atoms with Crippen LogP contribution in [0.5, 0.6) is 0 Å². The summed E-state index contributed by atoms with van der Waals surface area (Å²) in [5.74, 6) is 0.601. The molecule has 0 bridgehead atoms. The van der Waals surface area contributed by atoms with Crippen LogP contribution in [0.2, 0.25) is 0 Å². The molecule has 21 heavy (non-hydrogen) atoms.